The molecule has 134 valence electrons. The summed E-state index contributed by atoms with van der Waals surface area (Å²) < 4.78 is 11.3. The van der Waals surface area contributed by atoms with Crippen LogP contribution >= 0.6 is 0 Å². The fourth-order valence-electron chi connectivity index (χ4n) is 2.54. The van der Waals surface area contributed by atoms with Crippen molar-refractivity contribution in [2.75, 3.05) is 33.1 Å². The van der Waals surface area contributed by atoms with E-state index in [0.717, 1.165) is 11.3 Å². The lowest BCUT2D eigenvalue weighted by molar-refractivity contribution is 0.298. The highest BCUT2D eigenvalue weighted by molar-refractivity contribution is 5.46. The van der Waals surface area contributed by atoms with Gasteiger partial charge in [-0.2, -0.15) is 10.2 Å². The topological polar surface area (TPSA) is 74.3 Å². The minimum Gasteiger partial charge on any atom is -0.496 e. The Morgan fingerprint density at radius 3 is 2.56 bits per heavy atom. The first-order valence-corrected chi connectivity index (χ1v) is 8.22. The highest BCUT2D eigenvalue weighted by Gasteiger charge is 2.25. The fourth-order valence-corrected chi connectivity index (χ4v) is 2.54. The maximum Gasteiger partial charge on any atom is 0.232 e. The van der Waals surface area contributed by atoms with Crippen LogP contribution in [0.15, 0.2) is 28.7 Å². The standard InChI is InChI=1S/C19H26N4O2/c1-19(2,3)18-22-14(11-20)17(25-18)21-12-15(23(4)5)13-9-7-8-10-16(13)24-6/h7-10,15,21H,12H2,1-6H3/t15-/m1/s1. The molecule has 25 heavy (non-hydrogen) atoms. The third-order valence-electron chi connectivity index (χ3n) is 3.95. The molecular weight excluding hydrogens is 316 g/mol. The van der Waals surface area contributed by atoms with E-state index in [1.807, 2.05) is 59.1 Å². The Kier molecular flexibility index (Phi) is 5.70. The monoisotopic (exact) mass is 342 g/mol. The molecule has 2 rings (SSSR count). The van der Waals surface area contributed by atoms with E-state index in [9.17, 15) is 5.26 Å². The summed E-state index contributed by atoms with van der Waals surface area (Å²) in [6.45, 7) is 6.56. The minimum absolute atomic E-state index is 0.0471. The number of methoxy groups -OCH3 is 1. The molecular formula is C19H26N4O2. The molecule has 0 spiro atoms. The van der Waals surface area contributed by atoms with Gasteiger partial charge in [0.05, 0.1) is 13.2 Å². The van der Waals surface area contributed by atoms with Gasteiger partial charge in [0.15, 0.2) is 0 Å². The Morgan fingerprint density at radius 1 is 1.32 bits per heavy atom. The van der Waals surface area contributed by atoms with Gasteiger partial charge >= 0.3 is 0 Å². The summed E-state index contributed by atoms with van der Waals surface area (Å²) in [5.74, 6) is 1.79. The normalized spacial score (nSPS) is 12.7. The van der Waals surface area contributed by atoms with Crippen LogP contribution in [-0.2, 0) is 5.41 Å². The van der Waals surface area contributed by atoms with Crippen molar-refractivity contribution in [1.82, 2.24) is 9.88 Å². The minimum atomic E-state index is -0.255. The predicted molar refractivity (Wildman–Crippen MR) is 97.8 cm³/mol. The number of nitrogens with zero attached hydrogens (tertiary/aromatic N) is 3. The van der Waals surface area contributed by atoms with E-state index in [2.05, 4.69) is 21.3 Å². The molecule has 0 amide bonds. The zero-order valence-corrected chi connectivity index (χ0v) is 15.8. The van der Waals surface area contributed by atoms with E-state index < -0.39 is 0 Å². The third-order valence-corrected chi connectivity index (χ3v) is 3.95. The number of oxazole rings is 1. The number of rotatable bonds is 6. The second kappa shape index (κ2) is 7.58. The summed E-state index contributed by atoms with van der Waals surface area (Å²) in [5.41, 5.74) is 1.09. The van der Waals surface area contributed by atoms with Gasteiger partial charge in [-0.15, -0.1) is 0 Å². The first kappa shape index (κ1) is 18.8. The van der Waals surface area contributed by atoms with Crippen LogP contribution < -0.4 is 10.1 Å². The molecule has 1 aromatic heterocycles. The zero-order chi connectivity index (χ0) is 18.6. The lowest BCUT2D eigenvalue weighted by Crippen LogP contribution is -2.27. The summed E-state index contributed by atoms with van der Waals surface area (Å²) in [4.78, 5) is 6.40. The van der Waals surface area contributed by atoms with Crippen molar-refractivity contribution in [3.8, 4) is 11.8 Å². The van der Waals surface area contributed by atoms with Crippen molar-refractivity contribution in [1.29, 1.82) is 5.26 Å². The lowest BCUT2D eigenvalue weighted by Gasteiger charge is -2.26. The van der Waals surface area contributed by atoms with Gasteiger partial charge in [0.1, 0.15) is 11.8 Å². The molecule has 0 bridgehead atoms. The van der Waals surface area contributed by atoms with Gasteiger partial charge in [0.2, 0.25) is 17.5 Å². The molecule has 0 aliphatic rings. The molecule has 0 radical (unpaired) electrons. The first-order valence-electron chi connectivity index (χ1n) is 8.22. The summed E-state index contributed by atoms with van der Waals surface area (Å²) in [6, 6.07) is 10.1. The summed E-state index contributed by atoms with van der Waals surface area (Å²) in [6.07, 6.45) is 0. The quantitative estimate of drug-likeness (QED) is 0.865. The molecule has 1 heterocycles. The fraction of sp³-hybridized carbons (Fsp3) is 0.474. The van der Waals surface area contributed by atoms with E-state index in [4.69, 9.17) is 9.15 Å². The number of anilines is 1. The van der Waals surface area contributed by atoms with E-state index in [1.165, 1.54) is 0 Å². The lowest BCUT2D eigenvalue weighted by atomic mass is 9.97. The number of ether oxygens (including phenoxy) is 1. The van der Waals surface area contributed by atoms with Crippen LogP contribution in [0.4, 0.5) is 5.88 Å². The molecule has 0 unspecified atom stereocenters. The molecule has 0 aliphatic heterocycles. The Labute approximate surface area is 149 Å². The maximum atomic E-state index is 9.33. The van der Waals surface area contributed by atoms with Crippen molar-refractivity contribution in [2.45, 2.75) is 32.2 Å². The van der Waals surface area contributed by atoms with Crippen LogP contribution in [0.5, 0.6) is 5.75 Å². The largest absolute Gasteiger partial charge is 0.496 e. The van der Waals surface area contributed by atoms with Crippen LogP contribution in [0.2, 0.25) is 0 Å². The number of para-hydroxylation sites is 1. The molecule has 0 saturated heterocycles. The smallest absolute Gasteiger partial charge is 0.232 e. The second-order valence-corrected chi connectivity index (χ2v) is 7.16. The SMILES string of the molecule is COc1ccccc1[C@@H](CNc1oc(C(C)(C)C)nc1C#N)N(C)C. The number of nitrogens with one attached hydrogen (secondary N) is 1. The van der Waals surface area contributed by atoms with Gasteiger partial charge in [-0.05, 0) is 20.2 Å². The van der Waals surface area contributed by atoms with Crippen molar-refractivity contribution in [3.63, 3.8) is 0 Å². The predicted octanol–water partition coefficient (Wildman–Crippen LogP) is 3.57. The third kappa shape index (κ3) is 4.31. The summed E-state index contributed by atoms with van der Waals surface area (Å²) in [7, 11) is 5.68. The highest BCUT2D eigenvalue weighted by atomic mass is 16.5. The molecule has 0 aliphatic carbocycles. The van der Waals surface area contributed by atoms with Crippen molar-refractivity contribution in [2.24, 2.45) is 0 Å². The van der Waals surface area contributed by atoms with Gasteiger partial charge in [0.25, 0.3) is 0 Å². The van der Waals surface area contributed by atoms with Crippen LogP contribution in [0, 0.1) is 11.3 Å². The van der Waals surface area contributed by atoms with E-state index in [1.54, 1.807) is 7.11 Å². The average molecular weight is 342 g/mol. The molecule has 6 nitrogen and oxygen atoms in total. The number of benzene rings is 1. The van der Waals surface area contributed by atoms with Crippen molar-refractivity contribution >= 4 is 5.88 Å². The summed E-state index contributed by atoms with van der Waals surface area (Å²) >= 11 is 0. The van der Waals surface area contributed by atoms with Gasteiger partial charge < -0.3 is 19.4 Å². The summed E-state index contributed by atoms with van der Waals surface area (Å²) in [5, 5.41) is 12.6. The van der Waals surface area contributed by atoms with Crippen LogP contribution in [0.25, 0.3) is 0 Å². The molecule has 2 aromatic rings. The molecule has 1 aromatic carbocycles. The average Bonchev–Trinajstić information content (AvgIpc) is 2.98. The Balaban J connectivity index is 2.26. The highest BCUT2D eigenvalue weighted by Crippen LogP contribution is 2.30. The second-order valence-electron chi connectivity index (χ2n) is 7.16. The first-order chi connectivity index (χ1) is 11.8. The van der Waals surface area contributed by atoms with Gasteiger partial charge in [-0.25, -0.2) is 0 Å². The molecule has 6 heteroatoms. The number of nitriles is 1. The number of likely N-dealkylation sites (N-methyl/N-ethyl adjacent to an activating group) is 1. The van der Waals surface area contributed by atoms with Crippen LogP contribution in [-0.4, -0.2) is 37.6 Å². The van der Waals surface area contributed by atoms with Gasteiger partial charge in [-0.3, -0.25) is 0 Å². The zero-order valence-electron chi connectivity index (χ0n) is 15.8. The Bertz CT molecular complexity index is 754. The molecule has 1 N–H and O–H groups in total. The molecule has 0 fully saturated rings. The van der Waals surface area contributed by atoms with E-state index >= 15 is 0 Å². The van der Waals surface area contributed by atoms with Gasteiger partial charge in [0, 0.05) is 17.5 Å². The van der Waals surface area contributed by atoms with Crippen molar-refractivity contribution < 1.29 is 9.15 Å². The van der Waals surface area contributed by atoms with E-state index in [0.29, 0.717) is 18.3 Å². The van der Waals surface area contributed by atoms with Gasteiger partial charge in [-0.1, -0.05) is 39.0 Å². The number of hydrogen-bond acceptors (Lipinski definition) is 6. The van der Waals surface area contributed by atoms with Crippen molar-refractivity contribution in [3.05, 3.63) is 41.4 Å². The van der Waals surface area contributed by atoms with Crippen LogP contribution in [0.3, 0.4) is 0 Å². The Morgan fingerprint density at radius 2 is 2.00 bits per heavy atom. The van der Waals surface area contributed by atoms with Crippen LogP contribution in [0.1, 0.15) is 44.0 Å². The van der Waals surface area contributed by atoms with E-state index in [-0.39, 0.29) is 17.2 Å². The number of aromatic nitrogens is 1. The molecule has 0 saturated carbocycles. The maximum absolute atomic E-state index is 9.33. The number of hydrogen-bond donors (Lipinski definition) is 1. The molecule has 1 atom stereocenters. The Hall–Kier alpha value is -2.52.